The number of methoxy groups -OCH3 is 2. The minimum Gasteiger partial charge on any atom is -0.496 e. The molecule has 2 N–H and O–H groups in total. The molecule has 0 aliphatic rings. The van der Waals surface area contributed by atoms with Crippen molar-refractivity contribution in [2.45, 2.75) is 0 Å². The zero-order valence-electron chi connectivity index (χ0n) is 13.0. The van der Waals surface area contributed by atoms with E-state index >= 15 is 0 Å². The molecule has 0 radical (unpaired) electrons. The fourth-order valence-corrected chi connectivity index (χ4v) is 2.27. The first-order valence-corrected chi connectivity index (χ1v) is 7.93. The van der Waals surface area contributed by atoms with Gasteiger partial charge < -0.3 is 14.8 Å². The van der Waals surface area contributed by atoms with E-state index < -0.39 is 16.1 Å². The number of hydrogen-bond donors (Lipinski definition) is 2. The molecular weight excluding hydrogens is 310 g/mol. The predicted octanol–water partition coefficient (Wildman–Crippen LogP) is -0.170. The summed E-state index contributed by atoms with van der Waals surface area (Å²) in [6.07, 6.45) is 0. The van der Waals surface area contributed by atoms with Crippen molar-refractivity contribution in [3.05, 3.63) is 23.8 Å². The first-order valence-electron chi connectivity index (χ1n) is 6.49. The lowest BCUT2D eigenvalue weighted by molar-refractivity contribution is 0.0948. The van der Waals surface area contributed by atoms with Gasteiger partial charge in [-0.05, 0) is 12.1 Å². The summed E-state index contributed by atoms with van der Waals surface area (Å²) in [7, 11) is 2.24. The van der Waals surface area contributed by atoms with Gasteiger partial charge in [0.25, 0.3) is 16.1 Å². The molecule has 8 nitrogen and oxygen atoms in total. The summed E-state index contributed by atoms with van der Waals surface area (Å²) in [5.74, 6) is 0.356. The lowest BCUT2D eigenvalue weighted by Crippen LogP contribution is -2.40. The number of nitrogens with zero attached hydrogens (tertiary/aromatic N) is 1. The second-order valence-corrected chi connectivity index (χ2v) is 6.44. The monoisotopic (exact) mass is 331 g/mol. The van der Waals surface area contributed by atoms with Gasteiger partial charge in [-0.15, -0.1) is 0 Å². The number of amides is 1. The zero-order valence-corrected chi connectivity index (χ0v) is 13.9. The first kappa shape index (κ1) is 18.2. The van der Waals surface area contributed by atoms with Crippen LogP contribution in [0.3, 0.4) is 0 Å². The van der Waals surface area contributed by atoms with E-state index in [9.17, 15) is 13.2 Å². The number of hydrogen-bond acceptors (Lipinski definition) is 5. The van der Waals surface area contributed by atoms with Crippen LogP contribution < -0.4 is 19.5 Å². The maximum absolute atomic E-state index is 12.2. The second-order valence-electron chi connectivity index (χ2n) is 4.48. The second kappa shape index (κ2) is 7.97. The van der Waals surface area contributed by atoms with Gasteiger partial charge in [-0.25, -0.2) is 4.72 Å². The molecule has 0 saturated heterocycles. The molecule has 0 saturated carbocycles. The minimum absolute atomic E-state index is 0.0731. The molecule has 0 atom stereocenters. The van der Waals surface area contributed by atoms with E-state index in [0.29, 0.717) is 11.5 Å². The maximum Gasteiger partial charge on any atom is 0.278 e. The van der Waals surface area contributed by atoms with Crippen LogP contribution in [0.15, 0.2) is 18.2 Å². The lowest BCUT2D eigenvalue weighted by Gasteiger charge is -2.14. The Bertz CT molecular complexity index is 594. The van der Waals surface area contributed by atoms with Gasteiger partial charge in [0.15, 0.2) is 0 Å². The van der Waals surface area contributed by atoms with Crippen LogP contribution in [0.2, 0.25) is 0 Å². The van der Waals surface area contributed by atoms with E-state index in [-0.39, 0.29) is 18.7 Å². The molecule has 22 heavy (non-hydrogen) atoms. The van der Waals surface area contributed by atoms with Gasteiger partial charge in [-0.2, -0.15) is 12.7 Å². The summed E-state index contributed by atoms with van der Waals surface area (Å²) in [6.45, 7) is 0.205. The molecule has 0 aliphatic heterocycles. The van der Waals surface area contributed by atoms with Crippen molar-refractivity contribution in [3.63, 3.8) is 0 Å². The molecule has 0 aliphatic carbocycles. The average Bonchev–Trinajstić information content (AvgIpc) is 2.50. The van der Waals surface area contributed by atoms with Crippen molar-refractivity contribution in [1.29, 1.82) is 0 Å². The molecule has 9 heteroatoms. The van der Waals surface area contributed by atoms with Gasteiger partial charge in [0.1, 0.15) is 17.1 Å². The highest BCUT2D eigenvalue weighted by molar-refractivity contribution is 7.87. The summed E-state index contributed by atoms with van der Waals surface area (Å²) >= 11 is 0. The van der Waals surface area contributed by atoms with Crippen LogP contribution in [0, 0.1) is 0 Å². The number of ether oxygens (including phenoxy) is 2. The molecule has 0 unspecified atom stereocenters. The maximum atomic E-state index is 12.2. The molecule has 0 aromatic heterocycles. The lowest BCUT2D eigenvalue weighted by atomic mass is 10.1. The largest absolute Gasteiger partial charge is 0.496 e. The third-order valence-electron chi connectivity index (χ3n) is 2.83. The van der Waals surface area contributed by atoms with Crippen LogP contribution in [-0.4, -0.2) is 60.0 Å². The van der Waals surface area contributed by atoms with Crippen LogP contribution in [0.4, 0.5) is 0 Å². The van der Waals surface area contributed by atoms with E-state index in [2.05, 4.69) is 10.0 Å². The Morgan fingerprint density at radius 2 is 1.68 bits per heavy atom. The number of carbonyl (C=O) groups is 1. The van der Waals surface area contributed by atoms with Gasteiger partial charge >= 0.3 is 0 Å². The van der Waals surface area contributed by atoms with E-state index in [0.717, 1.165) is 4.31 Å². The molecule has 0 spiro atoms. The number of nitrogens with one attached hydrogen (secondary N) is 2. The highest BCUT2D eigenvalue weighted by Crippen LogP contribution is 2.27. The van der Waals surface area contributed by atoms with E-state index in [1.165, 1.54) is 28.3 Å². The summed E-state index contributed by atoms with van der Waals surface area (Å²) in [5, 5.41) is 2.62. The first-order chi connectivity index (χ1) is 10.3. The topological polar surface area (TPSA) is 97.0 Å². The summed E-state index contributed by atoms with van der Waals surface area (Å²) < 4.78 is 36.7. The van der Waals surface area contributed by atoms with Crippen molar-refractivity contribution in [2.24, 2.45) is 0 Å². The Morgan fingerprint density at radius 3 is 2.14 bits per heavy atom. The molecule has 1 aromatic carbocycles. The van der Waals surface area contributed by atoms with Crippen LogP contribution in [-0.2, 0) is 10.2 Å². The van der Waals surface area contributed by atoms with Crippen LogP contribution in [0.25, 0.3) is 0 Å². The predicted molar refractivity (Wildman–Crippen MR) is 82.5 cm³/mol. The van der Waals surface area contributed by atoms with Crippen LogP contribution >= 0.6 is 0 Å². The minimum atomic E-state index is -3.50. The van der Waals surface area contributed by atoms with E-state index in [1.54, 1.807) is 18.2 Å². The molecule has 1 amide bonds. The molecule has 0 heterocycles. The highest BCUT2D eigenvalue weighted by atomic mass is 32.2. The van der Waals surface area contributed by atoms with Crippen molar-refractivity contribution in [3.8, 4) is 11.5 Å². The van der Waals surface area contributed by atoms with E-state index in [1.807, 2.05) is 0 Å². The third-order valence-corrected chi connectivity index (χ3v) is 4.36. The molecule has 124 valence electrons. The Morgan fingerprint density at radius 1 is 1.14 bits per heavy atom. The van der Waals surface area contributed by atoms with Crippen molar-refractivity contribution in [2.75, 3.05) is 41.4 Å². The summed E-state index contributed by atoms with van der Waals surface area (Å²) in [5.41, 5.74) is 0.267. The summed E-state index contributed by atoms with van der Waals surface area (Å²) in [4.78, 5) is 12.2. The molecular formula is C13H21N3O5S. The number of carbonyl (C=O) groups excluding carboxylic acids is 1. The standard InChI is InChI=1S/C13H21N3O5S/c1-16(2)22(18,19)15-9-8-14-13(17)12-10(20-3)6-5-7-11(12)21-4/h5-7,15H,8-9H2,1-4H3,(H,14,17). The quantitative estimate of drug-likeness (QED) is 0.645. The fraction of sp³-hybridized carbons (Fsp3) is 0.462. The normalized spacial score (nSPS) is 11.3. The van der Waals surface area contributed by atoms with Gasteiger partial charge in [-0.3, -0.25) is 4.79 Å². The van der Waals surface area contributed by atoms with Crippen molar-refractivity contribution >= 4 is 16.1 Å². The van der Waals surface area contributed by atoms with Gasteiger partial charge in [0, 0.05) is 27.2 Å². The number of benzene rings is 1. The average molecular weight is 331 g/mol. The van der Waals surface area contributed by atoms with Gasteiger partial charge in [-0.1, -0.05) is 6.07 Å². The zero-order chi connectivity index (χ0) is 16.8. The van der Waals surface area contributed by atoms with Crippen LogP contribution in [0.1, 0.15) is 10.4 Å². The summed E-state index contributed by atoms with van der Waals surface area (Å²) in [6, 6.07) is 5.00. The molecule has 1 rings (SSSR count). The van der Waals surface area contributed by atoms with Crippen molar-refractivity contribution < 1.29 is 22.7 Å². The number of rotatable bonds is 8. The Balaban J connectivity index is 2.67. The SMILES string of the molecule is COc1cccc(OC)c1C(=O)NCCNS(=O)(=O)N(C)C. The Hall–Kier alpha value is -1.84. The molecule has 1 aromatic rings. The fourth-order valence-electron chi connectivity index (χ4n) is 1.65. The Kier molecular flexibility index (Phi) is 6.60. The van der Waals surface area contributed by atoms with Gasteiger partial charge in [0.2, 0.25) is 0 Å². The van der Waals surface area contributed by atoms with Crippen molar-refractivity contribution in [1.82, 2.24) is 14.3 Å². The molecule has 0 fully saturated rings. The van der Waals surface area contributed by atoms with E-state index in [4.69, 9.17) is 9.47 Å². The molecule has 0 bridgehead atoms. The highest BCUT2D eigenvalue weighted by Gasteiger charge is 2.18. The third kappa shape index (κ3) is 4.58. The smallest absolute Gasteiger partial charge is 0.278 e. The van der Waals surface area contributed by atoms with Gasteiger partial charge in [0.05, 0.1) is 14.2 Å². The van der Waals surface area contributed by atoms with Crippen LogP contribution in [0.5, 0.6) is 11.5 Å². The Labute approximate surface area is 130 Å².